The summed E-state index contributed by atoms with van der Waals surface area (Å²) in [6.45, 7) is 5.46. The van der Waals surface area contributed by atoms with E-state index in [0.29, 0.717) is 22.8 Å². The first-order valence-electron chi connectivity index (χ1n) is 9.02. The minimum Gasteiger partial charge on any atom is -0.495 e. The Hall–Kier alpha value is -3.15. The van der Waals surface area contributed by atoms with E-state index < -0.39 is 26.1 Å². The van der Waals surface area contributed by atoms with E-state index in [1.165, 1.54) is 7.11 Å². The van der Waals surface area contributed by atoms with E-state index >= 15 is 0 Å². The summed E-state index contributed by atoms with van der Waals surface area (Å²) in [6, 6.07) is 4.11. The van der Waals surface area contributed by atoms with E-state index in [-0.39, 0.29) is 23.0 Å². The van der Waals surface area contributed by atoms with Gasteiger partial charge in [-0.3, -0.25) is 4.79 Å². The SMILES string of the molecule is COc1ccc(S(=O)(=O)C(F)(F)F)cc1NC(=O)c1cc2cnn(C(C)C)c2nc1C. The highest BCUT2D eigenvalue weighted by atomic mass is 32.2. The van der Waals surface area contributed by atoms with Crippen LogP contribution in [0.15, 0.2) is 35.4 Å². The van der Waals surface area contributed by atoms with Gasteiger partial charge in [-0.15, -0.1) is 0 Å². The first-order chi connectivity index (χ1) is 14.4. The number of halogens is 3. The monoisotopic (exact) mass is 456 g/mol. The molecule has 1 aromatic carbocycles. The summed E-state index contributed by atoms with van der Waals surface area (Å²) < 4.78 is 68.9. The lowest BCUT2D eigenvalue weighted by Gasteiger charge is -2.14. The second-order valence-corrected chi connectivity index (χ2v) is 8.92. The van der Waals surface area contributed by atoms with Gasteiger partial charge >= 0.3 is 5.51 Å². The zero-order valence-corrected chi connectivity index (χ0v) is 17.8. The molecule has 0 radical (unpaired) electrons. The third-order valence-electron chi connectivity index (χ3n) is 4.53. The van der Waals surface area contributed by atoms with E-state index in [4.69, 9.17) is 4.74 Å². The van der Waals surface area contributed by atoms with Crippen LogP contribution in [-0.2, 0) is 9.84 Å². The number of hydrogen-bond donors (Lipinski definition) is 1. The van der Waals surface area contributed by atoms with Crippen LogP contribution in [0.3, 0.4) is 0 Å². The number of rotatable bonds is 5. The van der Waals surface area contributed by atoms with Crippen molar-refractivity contribution in [3.63, 3.8) is 0 Å². The Balaban J connectivity index is 2.02. The molecule has 2 heterocycles. The first kappa shape index (κ1) is 22.5. The van der Waals surface area contributed by atoms with Gasteiger partial charge in [-0.05, 0) is 45.0 Å². The van der Waals surface area contributed by atoms with Crippen LogP contribution >= 0.6 is 0 Å². The molecule has 0 aliphatic rings. The summed E-state index contributed by atoms with van der Waals surface area (Å²) in [6.07, 6.45) is 1.55. The maximum Gasteiger partial charge on any atom is 0.501 e. The number of carbonyl (C=O) groups excluding carboxylic acids is 1. The molecule has 8 nitrogen and oxygen atoms in total. The highest BCUT2D eigenvalue weighted by molar-refractivity contribution is 7.92. The quantitative estimate of drug-likeness (QED) is 0.625. The van der Waals surface area contributed by atoms with Crippen LogP contribution < -0.4 is 10.1 Å². The Morgan fingerprint density at radius 1 is 1.23 bits per heavy atom. The van der Waals surface area contributed by atoms with E-state index in [1.807, 2.05) is 13.8 Å². The number of benzene rings is 1. The number of alkyl halides is 3. The van der Waals surface area contributed by atoms with Crippen LogP contribution in [0.4, 0.5) is 18.9 Å². The maximum absolute atomic E-state index is 12.9. The molecule has 0 fully saturated rings. The minimum absolute atomic E-state index is 0.00575. The second-order valence-electron chi connectivity index (χ2n) is 6.98. The highest BCUT2D eigenvalue weighted by Gasteiger charge is 2.47. The summed E-state index contributed by atoms with van der Waals surface area (Å²) in [4.78, 5) is 16.2. The van der Waals surface area contributed by atoms with E-state index in [1.54, 1.807) is 23.9 Å². The largest absolute Gasteiger partial charge is 0.501 e. The van der Waals surface area contributed by atoms with Crippen LogP contribution in [0.25, 0.3) is 11.0 Å². The smallest absolute Gasteiger partial charge is 0.495 e. The van der Waals surface area contributed by atoms with Gasteiger partial charge in [0.15, 0.2) is 5.65 Å². The zero-order valence-electron chi connectivity index (χ0n) is 17.0. The van der Waals surface area contributed by atoms with Crippen LogP contribution in [-0.4, -0.2) is 41.7 Å². The molecular formula is C19H19F3N4O4S. The van der Waals surface area contributed by atoms with Gasteiger partial charge in [-0.1, -0.05) is 0 Å². The van der Waals surface area contributed by atoms with Crippen molar-refractivity contribution in [3.05, 3.63) is 41.7 Å². The Morgan fingerprint density at radius 2 is 1.90 bits per heavy atom. The van der Waals surface area contributed by atoms with Crippen LogP contribution in [0.2, 0.25) is 0 Å². The lowest BCUT2D eigenvalue weighted by molar-refractivity contribution is -0.0436. The van der Waals surface area contributed by atoms with E-state index in [2.05, 4.69) is 15.4 Å². The molecule has 0 aliphatic carbocycles. The fourth-order valence-electron chi connectivity index (χ4n) is 2.95. The van der Waals surface area contributed by atoms with E-state index in [9.17, 15) is 26.4 Å². The van der Waals surface area contributed by atoms with Crippen molar-refractivity contribution in [2.24, 2.45) is 0 Å². The predicted octanol–water partition coefficient (Wildman–Crippen LogP) is 3.88. The Morgan fingerprint density at radius 3 is 2.48 bits per heavy atom. The molecule has 0 spiro atoms. The third kappa shape index (κ3) is 4.07. The van der Waals surface area contributed by atoms with Gasteiger partial charge in [-0.25, -0.2) is 18.1 Å². The van der Waals surface area contributed by atoms with Crippen molar-refractivity contribution in [1.82, 2.24) is 14.8 Å². The van der Waals surface area contributed by atoms with Crippen molar-refractivity contribution in [1.29, 1.82) is 0 Å². The highest BCUT2D eigenvalue weighted by Crippen LogP contribution is 2.35. The molecule has 166 valence electrons. The second kappa shape index (κ2) is 7.84. The summed E-state index contributed by atoms with van der Waals surface area (Å²) in [5, 5.41) is 7.25. The van der Waals surface area contributed by atoms with Crippen molar-refractivity contribution >= 4 is 32.5 Å². The van der Waals surface area contributed by atoms with Crippen LogP contribution in [0, 0.1) is 6.92 Å². The number of methoxy groups -OCH3 is 1. The average molecular weight is 456 g/mol. The molecule has 1 N–H and O–H groups in total. The minimum atomic E-state index is -5.60. The number of sulfone groups is 1. The lowest BCUT2D eigenvalue weighted by atomic mass is 10.1. The van der Waals surface area contributed by atoms with Crippen molar-refractivity contribution < 1.29 is 31.1 Å². The lowest BCUT2D eigenvalue weighted by Crippen LogP contribution is -2.23. The van der Waals surface area contributed by atoms with Gasteiger partial charge in [0.2, 0.25) is 0 Å². The molecular weight excluding hydrogens is 437 g/mol. The number of anilines is 1. The standard InChI is InChI=1S/C19H19F3N4O4S/c1-10(2)26-17-12(9-23-26)7-14(11(3)24-17)18(27)25-15-8-13(5-6-16(15)30-4)31(28,29)19(20,21)22/h5-10H,1-4H3,(H,25,27). The Kier molecular flexibility index (Phi) is 5.70. The zero-order chi connectivity index (χ0) is 23.1. The number of aryl methyl sites for hydroxylation is 1. The number of ether oxygens (including phenoxy) is 1. The van der Waals surface area contributed by atoms with Gasteiger partial charge in [0.05, 0.1) is 35.1 Å². The van der Waals surface area contributed by atoms with Gasteiger partial charge in [-0.2, -0.15) is 18.3 Å². The number of carbonyl (C=O) groups is 1. The summed E-state index contributed by atoms with van der Waals surface area (Å²) in [5.74, 6) is -0.696. The number of hydrogen-bond acceptors (Lipinski definition) is 6. The van der Waals surface area contributed by atoms with Gasteiger partial charge < -0.3 is 10.1 Å². The normalized spacial score (nSPS) is 12.4. The number of nitrogens with zero attached hydrogens (tertiary/aromatic N) is 3. The molecule has 31 heavy (non-hydrogen) atoms. The molecule has 0 saturated heterocycles. The summed E-state index contributed by atoms with van der Waals surface area (Å²) >= 11 is 0. The molecule has 1 amide bonds. The molecule has 3 rings (SSSR count). The first-order valence-corrected chi connectivity index (χ1v) is 10.5. The summed E-state index contributed by atoms with van der Waals surface area (Å²) in [5.41, 5.74) is -4.60. The fraction of sp³-hybridized carbons (Fsp3) is 0.316. The van der Waals surface area contributed by atoms with Crippen LogP contribution in [0.1, 0.15) is 35.9 Å². The Bertz CT molecular complexity index is 1270. The van der Waals surface area contributed by atoms with Gasteiger partial charge in [0, 0.05) is 11.4 Å². The molecule has 2 aromatic heterocycles. The molecule has 0 bridgehead atoms. The summed E-state index contributed by atoms with van der Waals surface area (Å²) in [7, 11) is -4.36. The van der Waals surface area contributed by atoms with Gasteiger partial charge in [0.1, 0.15) is 5.75 Å². The molecule has 0 unspecified atom stereocenters. The Labute approximate surface area is 175 Å². The van der Waals surface area contributed by atoms with Crippen molar-refractivity contribution in [2.75, 3.05) is 12.4 Å². The topological polar surface area (TPSA) is 103 Å². The number of amides is 1. The van der Waals surface area contributed by atoms with Gasteiger partial charge in [0.25, 0.3) is 15.7 Å². The number of nitrogens with one attached hydrogen (secondary N) is 1. The van der Waals surface area contributed by atoms with E-state index in [0.717, 1.165) is 12.1 Å². The molecule has 0 aliphatic heterocycles. The number of aromatic nitrogens is 3. The molecule has 0 atom stereocenters. The van der Waals surface area contributed by atoms with Crippen LogP contribution in [0.5, 0.6) is 5.75 Å². The fourth-order valence-corrected chi connectivity index (χ4v) is 3.74. The molecule has 0 saturated carbocycles. The molecule has 12 heteroatoms. The number of fused-ring (bicyclic) bond motifs is 1. The maximum atomic E-state index is 12.9. The average Bonchev–Trinajstić information content (AvgIpc) is 3.09. The third-order valence-corrected chi connectivity index (χ3v) is 6.01. The number of pyridine rings is 1. The van der Waals surface area contributed by atoms with Crippen molar-refractivity contribution in [3.8, 4) is 5.75 Å². The molecule has 3 aromatic rings. The predicted molar refractivity (Wildman–Crippen MR) is 107 cm³/mol. The van der Waals surface area contributed by atoms with Crippen molar-refractivity contribution in [2.45, 2.75) is 37.2 Å².